The molecule has 1 fully saturated rings. The Hall–Kier alpha value is -2.58. The number of carbonyl (C=O) groups excluding carboxylic acids is 2. The molecule has 166 valence electrons. The Kier molecular flexibility index (Phi) is 8.31. The molecule has 8 heteroatoms. The normalized spacial score (nSPS) is 14.2. The van der Waals surface area contributed by atoms with Crippen molar-refractivity contribution >= 4 is 27.7 Å². The molecule has 1 N–H and O–H groups in total. The van der Waals surface area contributed by atoms with Gasteiger partial charge in [0.1, 0.15) is 0 Å². The van der Waals surface area contributed by atoms with E-state index in [9.17, 15) is 9.59 Å². The molecule has 3 rings (SSSR count). The second-order valence-corrected chi connectivity index (χ2v) is 8.27. The van der Waals surface area contributed by atoms with Crippen LogP contribution >= 0.6 is 15.9 Å². The molecule has 0 aliphatic carbocycles. The Morgan fingerprint density at radius 2 is 1.65 bits per heavy atom. The van der Waals surface area contributed by atoms with Crippen LogP contribution in [-0.2, 0) is 11.3 Å². The van der Waals surface area contributed by atoms with Crippen LogP contribution in [0, 0.1) is 0 Å². The number of carbonyl (C=O) groups is 2. The van der Waals surface area contributed by atoms with Crippen molar-refractivity contribution in [3.63, 3.8) is 0 Å². The molecule has 31 heavy (non-hydrogen) atoms. The molecule has 0 aromatic heterocycles. The van der Waals surface area contributed by atoms with Crippen molar-refractivity contribution < 1.29 is 19.1 Å². The molecule has 0 saturated carbocycles. The Labute approximate surface area is 191 Å². The van der Waals surface area contributed by atoms with Crippen LogP contribution in [0.5, 0.6) is 11.5 Å². The van der Waals surface area contributed by atoms with Crippen LogP contribution in [0.25, 0.3) is 0 Å². The van der Waals surface area contributed by atoms with Gasteiger partial charge in [-0.2, -0.15) is 0 Å². The zero-order valence-electron chi connectivity index (χ0n) is 17.9. The molecular weight excluding hydrogens is 462 g/mol. The van der Waals surface area contributed by atoms with E-state index in [4.69, 9.17) is 9.47 Å². The minimum Gasteiger partial charge on any atom is -0.493 e. The van der Waals surface area contributed by atoms with Crippen LogP contribution in [-0.4, -0.2) is 68.6 Å². The topological polar surface area (TPSA) is 71.1 Å². The van der Waals surface area contributed by atoms with Gasteiger partial charge in [-0.1, -0.05) is 22.0 Å². The fraction of sp³-hybridized carbons (Fsp3) is 0.391. The number of ether oxygens (including phenoxy) is 2. The van der Waals surface area contributed by atoms with Crippen molar-refractivity contribution in [2.24, 2.45) is 0 Å². The summed E-state index contributed by atoms with van der Waals surface area (Å²) in [5.74, 6) is 1.34. The summed E-state index contributed by atoms with van der Waals surface area (Å²) in [6.45, 7) is 4.13. The number of benzene rings is 2. The monoisotopic (exact) mass is 489 g/mol. The van der Waals surface area contributed by atoms with Crippen molar-refractivity contribution in [2.45, 2.75) is 13.0 Å². The van der Waals surface area contributed by atoms with E-state index in [1.54, 1.807) is 26.4 Å². The summed E-state index contributed by atoms with van der Waals surface area (Å²) < 4.78 is 11.6. The van der Waals surface area contributed by atoms with Gasteiger partial charge in [0, 0.05) is 55.7 Å². The van der Waals surface area contributed by atoms with Gasteiger partial charge in [0.25, 0.3) is 5.91 Å². The van der Waals surface area contributed by atoms with Gasteiger partial charge < -0.3 is 19.7 Å². The Bertz CT molecular complexity index is 896. The van der Waals surface area contributed by atoms with Crippen LogP contribution in [0.2, 0.25) is 0 Å². The molecule has 7 nitrogen and oxygen atoms in total. The summed E-state index contributed by atoms with van der Waals surface area (Å²) in [7, 11) is 3.26. The number of methoxy groups -OCH3 is 2. The lowest BCUT2D eigenvalue weighted by Gasteiger charge is -2.35. The van der Waals surface area contributed by atoms with Crippen LogP contribution in [0.15, 0.2) is 46.9 Å². The summed E-state index contributed by atoms with van der Waals surface area (Å²) >= 11 is 3.35. The average molecular weight is 490 g/mol. The average Bonchev–Trinajstić information content (AvgIpc) is 2.79. The highest BCUT2D eigenvalue weighted by Gasteiger charge is 2.21. The molecule has 1 aliphatic heterocycles. The number of nitrogens with one attached hydrogen (secondary N) is 1. The van der Waals surface area contributed by atoms with Gasteiger partial charge in [-0.15, -0.1) is 0 Å². The molecule has 1 heterocycles. The van der Waals surface area contributed by atoms with E-state index in [0.29, 0.717) is 37.4 Å². The summed E-state index contributed by atoms with van der Waals surface area (Å²) in [5.41, 5.74) is 1.73. The van der Waals surface area contributed by atoms with E-state index >= 15 is 0 Å². The minimum absolute atomic E-state index is 0.0712. The van der Waals surface area contributed by atoms with Crippen LogP contribution < -0.4 is 14.8 Å². The SMILES string of the molecule is COc1ccc(CN2CCN(C(=O)CCNC(=O)c3ccc(Br)cc3)CC2)cc1OC. The van der Waals surface area contributed by atoms with Crippen molar-refractivity contribution in [1.29, 1.82) is 0 Å². The molecule has 2 aromatic carbocycles. The summed E-state index contributed by atoms with van der Waals surface area (Å²) in [6, 6.07) is 13.1. The molecule has 1 saturated heterocycles. The van der Waals surface area contributed by atoms with E-state index in [2.05, 4.69) is 26.1 Å². The second kappa shape index (κ2) is 11.2. The van der Waals surface area contributed by atoms with E-state index in [0.717, 1.165) is 35.4 Å². The first-order chi connectivity index (χ1) is 15.0. The molecule has 0 spiro atoms. The zero-order valence-corrected chi connectivity index (χ0v) is 19.5. The van der Waals surface area contributed by atoms with Crippen molar-refractivity contribution in [1.82, 2.24) is 15.1 Å². The first-order valence-corrected chi connectivity index (χ1v) is 11.0. The quantitative estimate of drug-likeness (QED) is 0.617. The third kappa shape index (κ3) is 6.45. The number of rotatable bonds is 8. The van der Waals surface area contributed by atoms with E-state index in [1.165, 1.54) is 0 Å². The Morgan fingerprint density at radius 1 is 0.968 bits per heavy atom. The molecule has 1 aliphatic rings. The summed E-state index contributed by atoms with van der Waals surface area (Å²) in [6.07, 6.45) is 0.304. The number of amides is 2. The molecule has 2 amide bonds. The first kappa shape index (κ1) is 23.1. The van der Waals surface area contributed by atoms with Gasteiger partial charge in [-0.05, 0) is 42.0 Å². The third-order valence-electron chi connectivity index (χ3n) is 5.31. The number of nitrogens with zero attached hydrogens (tertiary/aromatic N) is 2. The van der Waals surface area contributed by atoms with Gasteiger partial charge in [0.15, 0.2) is 11.5 Å². The number of piperazine rings is 1. The highest BCUT2D eigenvalue weighted by molar-refractivity contribution is 9.10. The zero-order chi connectivity index (χ0) is 22.2. The highest BCUT2D eigenvalue weighted by atomic mass is 79.9. The Balaban J connectivity index is 1.40. The largest absolute Gasteiger partial charge is 0.493 e. The van der Waals surface area contributed by atoms with Crippen molar-refractivity contribution in [3.05, 3.63) is 58.1 Å². The van der Waals surface area contributed by atoms with Gasteiger partial charge in [0.2, 0.25) is 5.91 Å². The van der Waals surface area contributed by atoms with E-state index in [1.807, 2.05) is 35.2 Å². The lowest BCUT2D eigenvalue weighted by Crippen LogP contribution is -2.48. The van der Waals surface area contributed by atoms with Crippen LogP contribution in [0.3, 0.4) is 0 Å². The first-order valence-electron chi connectivity index (χ1n) is 10.2. The summed E-state index contributed by atoms with van der Waals surface area (Å²) in [5, 5.41) is 2.82. The number of hydrogen-bond acceptors (Lipinski definition) is 5. The van der Waals surface area contributed by atoms with Crippen molar-refractivity contribution in [3.8, 4) is 11.5 Å². The van der Waals surface area contributed by atoms with Gasteiger partial charge in [-0.3, -0.25) is 14.5 Å². The van der Waals surface area contributed by atoms with E-state index < -0.39 is 0 Å². The molecular formula is C23H28BrN3O4. The molecule has 0 atom stereocenters. The molecule has 0 bridgehead atoms. The molecule has 0 unspecified atom stereocenters. The van der Waals surface area contributed by atoms with Crippen molar-refractivity contribution in [2.75, 3.05) is 46.9 Å². The molecule has 2 aromatic rings. The Morgan fingerprint density at radius 3 is 2.29 bits per heavy atom. The summed E-state index contributed by atoms with van der Waals surface area (Å²) in [4.78, 5) is 28.8. The fourth-order valence-corrected chi connectivity index (χ4v) is 3.80. The van der Waals surface area contributed by atoms with Crippen LogP contribution in [0.4, 0.5) is 0 Å². The maximum atomic E-state index is 12.5. The lowest BCUT2D eigenvalue weighted by atomic mass is 10.1. The third-order valence-corrected chi connectivity index (χ3v) is 5.84. The highest BCUT2D eigenvalue weighted by Crippen LogP contribution is 2.28. The number of hydrogen-bond donors (Lipinski definition) is 1. The van der Waals surface area contributed by atoms with Crippen LogP contribution in [0.1, 0.15) is 22.3 Å². The maximum Gasteiger partial charge on any atom is 0.251 e. The number of halogens is 1. The predicted molar refractivity (Wildman–Crippen MR) is 122 cm³/mol. The smallest absolute Gasteiger partial charge is 0.251 e. The predicted octanol–water partition coefficient (Wildman–Crippen LogP) is 2.93. The van der Waals surface area contributed by atoms with E-state index in [-0.39, 0.29) is 11.8 Å². The fourth-order valence-electron chi connectivity index (χ4n) is 3.54. The van der Waals surface area contributed by atoms with Gasteiger partial charge in [0.05, 0.1) is 14.2 Å². The second-order valence-electron chi connectivity index (χ2n) is 7.36. The molecule has 0 radical (unpaired) electrons. The lowest BCUT2D eigenvalue weighted by molar-refractivity contribution is -0.132. The standard InChI is InChI=1S/C23H28BrN3O4/c1-30-20-8-3-17(15-21(20)31-2)16-26-11-13-27(14-12-26)22(28)9-10-25-23(29)18-4-6-19(24)7-5-18/h3-8,15H,9-14,16H2,1-2H3,(H,25,29). The van der Waals surface area contributed by atoms with Gasteiger partial charge >= 0.3 is 0 Å². The minimum atomic E-state index is -0.167. The maximum absolute atomic E-state index is 12.5. The van der Waals surface area contributed by atoms with Gasteiger partial charge in [-0.25, -0.2) is 0 Å².